The summed E-state index contributed by atoms with van der Waals surface area (Å²) in [7, 11) is 0. The van der Waals surface area contributed by atoms with Gasteiger partial charge in [-0.3, -0.25) is 4.79 Å². The number of nitrogens with one attached hydrogen (secondary N) is 1. The van der Waals surface area contributed by atoms with Gasteiger partial charge in [0.2, 0.25) is 5.91 Å². The zero-order chi connectivity index (χ0) is 15.1. The minimum Gasteiger partial charge on any atom is -0.354 e. The topological polar surface area (TPSA) is 29.1 Å². The van der Waals surface area contributed by atoms with E-state index in [4.69, 9.17) is 11.6 Å². The lowest BCUT2D eigenvalue weighted by Crippen LogP contribution is -2.34. The van der Waals surface area contributed by atoms with Crippen molar-refractivity contribution >= 4 is 17.5 Å². The molecule has 5 heteroatoms. The van der Waals surface area contributed by atoms with Gasteiger partial charge in [-0.15, -0.1) is 11.6 Å². The quantitative estimate of drug-likeness (QED) is 0.765. The molecule has 1 aromatic rings. The molecule has 1 unspecified atom stereocenters. The van der Waals surface area contributed by atoms with Gasteiger partial charge in [-0.1, -0.05) is 32.8 Å². The number of halogens is 3. The minimum absolute atomic E-state index is 0.0176. The summed E-state index contributed by atoms with van der Waals surface area (Å²) in [4.78, 5) is 11.7. The van der Waals surface area contributed by atoms with Crippen LogP contribution in [0.4, 0.5) is 8.78 Å². The third-order valence-electron chi connectivity index (χ3n) is 3.40. The smallest absolute Gasteiger partial charge is 0.224 e. The van der Waals surface area contributed by atoms with Crippen LogP contribution in [0.15, 0.2) is 18.2 Å². The van der Waals surface area contributed by atoms with Gasteiger partial charge < -0.3 is 5.32 Å². The van der Waals surface area contributed by atoms with Gasteiger partial charge in [-0.05, 0) is 23.6 Å². The standard InChI is InChI=1S/C15H20ClF2NO/c1-3-11(4-2)12(16)9-19-15(20)8-10-5-6-13(17)14(18)7-10/h5-7,11-12H,3-4,8-9H2,1-2H3,(H,19,20). The van der Waals surface area contributed by atoms with E-state index in [1.54, 1.807) is 0 Å². The van der Waals surface area contributed by atoms with Crippen LogP contribution in [-0.4, -0.2) is 17.8 Å². The molecular weight excluding hydrogens is 284 g/mol. The molecule has 1 N–H and O–H groups in total. The fourth-order valence-corrected chi connectivity index (χ4v) is 2.51. The van der Waals surface area contributed by atoms with E-state index in [-0.39, 0.29) is 17.7 Å². The van der Waals surface area contributed by atoms with Crippen LogP contribution in [0.5, 0.6) is 0 Å². The highest BCUT2D eigenvalue weighted by molar-refractivity contribution is 6.21. The molecule has 0 radical (unpaired) electrons. The van der Waals surface area contributed by atoms with Crippen molar-refractivity contribution in [2.24, 2.45) is 5.92 Å². The molecule has 0 fully saturated rings. The molecule has 1 atom stereocenters. The van der Waals surface area contributed by atoms with Crippen molar-refractivity contribution in [2.45, 2.75) is 38.5 Å². The average molecular weight is 304 g/mol. The molecule has 0 aliphatic rings. The number of amides is 1. The Morgan fingerprint density at radius 1 is 1.25 bits per heavy atom. The molecule has 1 aromatic carbocycles. The first-order chi connectivity index (χ1) is 9.47. The Bertz CT molecular complexity index is 449. The van der Waals surface area contributed by atoms with Crippen LogP contribution in [-0.2, 0) is 11.2 Å². The lowest BCUT2D eigenvalue weighted by atomic mass is 9.99. The molecule has 0 spiro atoms. The maximum Gasteiger partial charge on any atom is 0.224 e. The summed E-state index contributed by atoms with van der Waals surface area (Å²) >= 11 is 6.22. The fourth-order valence-electron chi connectivity index (χ4n) is 2.08. The minimum atomic E-state index is -0.942. The second-order valence-corrected chi connectivity index (χ2v) is 5.38. The van der Waals surface area contributed by atoms with Crippen molar-refractivity contribution in [3.05, 3.63) is 35.4 Å². The summed E-state index contributed by atoms with van der Waals surface area (Å²) in [5.41, 5.74) is 0.440. The van der Waals surface area contributed by atoms with Crippen LogP contribution in [0.3, 0.4) is 0 Å². The molecule has 0 saturated heterocycles. The Kier molecular flexibility index (Phi) is 6.93. The van der Waals surface area contributed by atoms with E-state index in [1.165, 1.54) is 6.07 Å². The Balaban J connectivity index is 2.45. The van der Waals surface area contributed by atoms with Crippen LogP contribution in [0.1, 0.15) is 32.3 Å². The van der Waals surface area contributed by atoms with Crippen LogP contribution in [0.25, 0.3) is 0 Å². The third-order valence-corrected chi connectivity index (χ3v) is 3.91. The van der Waals surface area contributed by atoms with Crippen molar-refractivity contribution in [1.29, 1.82) is 0 Å². The molecule has 20 heavy (non-hydrogen) atoms. The first-order valence-electron chi connectivity index (χ1n) is 6.82. The van der Waals surface area contributed by atoms with Gasteiger partial charge in [0.05, 0.1) is 11.8 Å². The average Bonchev–Trinajstić information content (AvgIpc) is 2.42. The van der Waals surface area contributed by atoms with E-state index in [0.29, 0.717) is 18.0 Å². The van der Waals surface area contributed by atoms with Crippen molar-refractivity contribution in [3.63, 3.8) is 0 Å². The van der Waals surface area contributed by atoms with Crippen LogP contribution < -0.4 is 5.32 Å². The number of hydrogen-bond donors (Lipinski definition) is 1. The number of hydrogen-bond acceptors (Lipinski definition) is 1. The van der Waals surface area contributed by atoms with E-state index >= 15 is 0 Å². The first-order valence-corrected chi connectivity index (χ1v) is 7.26. The van der Waals surface area contributed by atoms with E-state index < -0.39 is 11.6 Å². The molecule has 1 amide bonds. The molecule has 0 aliphatic heterocycles. The van der Waals surface area contributed by atoms with Gasteiger partial charge in [-0.25, -0.2) is 8.78 Å². The predicted molar refractivity (Wildman–Crippen MR) is 76.8 cm³/mol. The zero-order valence-corrected chi connectivity index (χ0v) is 12.5. The Morgan fingerprint density at radius 3 is 2.45 bits per heavy atom. The zero-order valence-electron chi connectivity index (χ0n) is 11.8. The highest BCUT2D eigenvalue weighted by Crippen LogP contribution is 2.17. The normalized spacial score (nSPS) is 12.5. The number of carbonyl (C=O) groups is 1. The van der Waals surface area contributed by atoms with Gasteiger partial charge in [-0.2, -0.15) is 0 Å². The maximum atomic E-state index is 13.0. The van der Waals surface area contributed by atoms with E-state index in [0.717, 1.165) is 25.0 Å². The molecule has 0 saturated carbocycles. The summed E-state index contributed by atoms with van der Waals surface area (Å²) < 4.78 is 25.8. The molecule has 0 heterocycles. The van der Waals surface area contributed by atoms with Gasteiger partial charge in [0.15, 0.2) is 11.6 Å². The molecule has 0 bridgehead atoms. The van der Waals surface area contributed by atoms with E-state index in [9.17, 15) is 13.6 Å². The summed E-state index contributed by atoms with van der Waals surface area (Å²) in [6.45, 7) is 4.51. The molecule has 1 rings (SSSR count). The monoisotopic (exact) mass is 303 g/mol. The largest absolute Gasteiger partial charge is 0.354 e. The van der Waals surface area contributed by atoms with E-state index in [1.807, 2.05) is 0 Å². The molecule has 0 aromatic heterocycles. The van der Waals surface area contributed by atoms with E-state index in [2.05, 4.69) is 19.2 Å². The highest BCUT2D eigenvalue weighted by atomic mass is 35.5. The second-order valence-electron chi connectivity index (χ2n) is 4.82. The summed E-state index contributed by atoms with van der Waals surface area (Å²) in [5, 5.41) is 2.61. The van der Waals surface area contributed by atoms with Gasteiger partial charge in [0.25, 0.3) is 0 Å². The number of rotatable bonds is 7. The van der Waals surface area contributed by atoms with Gasteiger partial charge >= 0.3 is 0 Å². The number of benzene rings is 1. The summed E-state index contributed by atoms with van der Waals surface area (Å²) in [6.07, 6.45) is 1.94. The fraction of sp³-hybridized carbons (Fsp3) is 0.533. The van der Waals surface area contributed by atoms with Crippen molar-refractivity contribution < 1.29 is 13.6 Å². The van der Waals surface area contributed by atoms with Crippen LogP contribution in [0.2, 0.25) is 0 Å². The maximum absolute atomic E-state index is 13.0. The number of alkyl halides is 1. The summed E-state index contributed by atoms with van der Waals surface area (Å²) in [6, 6.07) is 3.46. The molecule has 112 valence electrons. The second kappa shape index (κ2) is 8.20. The first kappa shape index (κ1) is 16.9. The van der Waals surface area contributed by atoms with Crippen molar-refractivity contribution in [3.8, 4) is 0 Å². The predicted octanol–water partition coefficient (Wildman–Crippen LogP) is 3.67. The Labute approximate surface area is 123 Å². The Morgan fingerprint density at radius 2 is 1.90 bits per heavy atom. The SMILES string of the molecule is CCC(CC)C(Cl)CNC(=O)Cc1ccc(F)c(F)c1. The number of carbonyl (C=O) groups excluding carboxylic acids is 1. The lowest BCUT2D eigenvalue weighted by Gasteiger charge is -2.19. The van der Waals surface area contributed by atoms with Crippen LogP contribution >= 0.6 is 11.6 Å². The molecule has 0 aliphatic carbocycles. The molecule has 2 nitrogen and oxygen atoms in total. The van der Waals surface area contributed by atoms with Crippen LogP contribution in [0, 0.1) is 17.6 Å². The molecular formula is C15H20ClF2NO. The summed E-state index contributed by atoms with van der Waals surface area (Å²) in [5.74, 6) is -1.74. The Hall–Kier alpha value is -1.16. The third kappa shape index (κ3) is 5.08. The van der Waals surface area contributed by atoms with Gasteiger partial charge in [0.1, 0.15) is 0 Å². The van der Waals surface area contributed by atoms with Crippen molar-refractivity contribution in [1.82, 2.24) is 5.32 Å². The van der Waals surface area contributed by atoms with Crippen molar-refractivity contribution in [2.75, 3.05) is 6.54 Å². The van der Waals surface area contributed by atoms with Gasteiger partial charge in [0, 0.05) is 6.54 Å². The highest BCUT2D eigenvalue weighted by Gasteiger charge is 2.16. The lowest BCUT2D eigenvalue weighted by molar-refractivity contribution is -0.120.